The molecule has 0 saturated carbocycles. The average molecular weight is 350 g/mol. The molecule has 0 aliphatic carbocycles. The van der Waals surface area contributed by atoms with Crippen LogP contribution in [0.3, 0.4) is 0 Å². The molecule has 2 aromatic rings. The third kappa shape index (κ3) is 3.53. The summed E-state index contributed by atoms with van der Waals surface area (Å²) in [5.74, 6) is 0.0217. The Morgan fingerprint density at radius 3 is 2.52 bits per heavy atom. The van der Waals surface area contributed by atoms with Crippen molar-refractivity contribution in [2.45, 2.75) is 33.4 Å². The van der Waals surface area contributed by atoms with E-state index in [1.165, 1.54) is 5.56 Å². The second-order valence-electron chi connectivity index (χ2n) is 4.97. The van der Waals surface area contributed by atoms with Gasteiger partial charge in [-0.3, -0.25) is 9.48 Å². The molecule has 112 valence electrons. The van der Waals surface area contributed by atoms with Crippen molar-refractivity contribution in [3.05, 3.63) is 51.8 Å². The first kappa shape index (κ1) is 15.8. The van der Waals surface area contributed by atoms with E-state index in [1.54, 1.807) is 11.1 Å². The van der Waals surface area contributed by atoms with Crippen LogP contribution >= 0.6 is 15.9 Å². The van der Waals surface area contributed by atoms with Crippen molar-refractivity contribution in [2.24, 2.45) is 0 Å². The molecule has 4 nitrogen and oxygen atoms in total. The lowest BCUT2D eigenvalue weighted by molar-refractivity contribution is 0.0781. The van der Waals surface area contributed by atoms with Crippen molar-refractivity contribution in [1.82, 2.24) is 14.7 Å². The van der Waals surface area contributed by atoms with Crippen molar-refractivity contribution < 1.29 is 4.79 Å². The fraction of sp³-hybridized carbons (Fsp3) is 0.375. The Morgan fingerprint density at radius 1 is 1.29 bits per heavy atom. The Hall–Kier alpha value is -1.62. The lowest BCUT2D eigenvalue weighted by Gasteiger charge is -2.18. The summed E-state index contributed by atoms with van der Waals surface area (Å²) in [6.45, 7) is 5.46. The number of rotatable bonds is 5. The molecule has 0 aliphatic heterocycles. The summed E-state index contributed by atoms with van der Waals surface area (Å²) in [5, 5.41) is 4.27. The number of nitrogens with zero attached hydrogens (tertiary/aromatic N) is 3. The van der Waals surface area contributed by atoms with E-state index in [4.69, 9.17) is 0 Å². The summed E-state index contributed by atoms with van der Waals surface area (Å²) in [4.78, 5) is 14.2. The van der Waals surface area contributed by atoms with Gasteiger partial charge in [0, 0.05) is 19.2 Å². The van der Waals surface area contributed by atoms with E-state index >= 15 is 0 Å². The van der Waals surface area contributed by atoms with Crippen LogP contribution in [0.5, 0.6) is 0 Å². The maximum absolute atomic E-state index is 12.5. The third-order valence-electron chi connectivity index (χ3n) is 3.54. The van der Waals surface area contributed by atoms with E-state index in [0.29, 0.717) is 12.1 Å². The summed E-state index contributed by atoms with van der Waals surface area (Å²) in [6, 6.07) is 7.80. The number of aromatic nitrogens is 2. The van der Waals surface area contributed by atoms with Crippen molar-refractivity contribution >= 4 is 21.8 Å². The normalized spacial score (nSPS) is 10.7. The molecular weight excluding hydrogens is 330 g/mol. The van der Waals surface area contributed by atoms with Crippen molar-refractivity contribution in [1.29, 1.82) is 0 Å². The highest BCUT2D eigenvalue weighted by molar-refractivity contribution is 9.10. The van der Waals surface area contributed by atoms with Gasteiger partial charge in [0.2, 0.25) is 0 Å². The zero-order chi connectivity index (χ0) is 15.4. The van der Waals surface area contributed by atoms with E-state index in [0.717, 1.165) is 23.1 Å². The molecule has 0 saturated heterocycles. The monoisotopic (exact) mass is 349 g/mol. The van der Waals surface area contributed by atoms with Crippen LogP contribution in [0.1, 0.15) is 35.5 Å². The van der Waals surface area contributed by atoms with Gasteiger partial charge in [-0.25, -0.2) is 0 Å². The molecule has 0 N–H and O–H groups in total. The highest BCUT2D eigenvalue weighted by Gasteiger charge is 2.16. The SMILES string of the molecule is CCc1ccc(C(=O)N(C)Cc2c(Br)cnn2CC)cc1. The minimum atomic E-state index is 0.0217. The quantitative estimate of drug-likeness (QED) is 0.828. The topological polar surface area (TPSA) is 38.1 Å². The minimum absolute atomic E-state index is 0.0217. The first-order valence-electron chi connectivity index (χ1n) is 7.11. The first-order chi connectivity index (χ1) is 10.1. The fourth-order valence-corrected chi connectivity index (χ4v) is 2.64. The number of aryl methyl sites for hydroxylation is 2. The van der Waals surface area contributed by atoms with Gasteiger partial charge in [0.1, 0.15) is 0 Å². The zero-order valence-corrected chi connectivity index (χ0v) is 14.2. The first-order valence-corrected chi connectivity index (χ1v) is 7.90. The van der Waals surface area contributed by atoms with E-state index in [1.807, 2.05) is 42.9 Å². The molecule has 0 fully saturated rings. The number of hydrogen-bond donors (Lipinski definition) is 0. The summed E-state index contributed by atoms with van der Waals surface area (Å²) in [6.07, 6.45) is 2.75. The van der Waals surface area contributed by atoms with Crippen LogP contribution in [0.2, 0.25) is 0 Å². The minimum Gasteiger partial charge on any atom is -0.336 e. The molecule has 0 bridgehead atoms. The zero-order valence-electron chi connectivity index (χ0n) is 12.6. The maximum atomic E-state index is 12.5. The molecule has 2 rings (SSSR count). The summed E-state index contributed by atoms with van der Waals surface area (Å²) in [7, 11) is 1.81. The lowest BCUT2D eigenvalue weighted by Crippen LogP contribution is -2.27. The number of hydrogen-bond acceptors (Lipinski definition) is 2. The highest BCUT2D eigenvalue weighted by atomic mass is 79.9. The standard InChI is InChI=1S/C16H20BrN3O/c1-4-12-6-8-13(9-7-12)16(21)19(3)11-15-14(17)10-18-20(15)5-2/h6-10H,4-5,11H2,1-3H3. The molecule has 1 aromatic carbocycles. The van der Waals surface area contributed by atoms with E-state index in [2.05, 4.69) is 28.0 Å². The largest absolute Gasteiger partial charge is 0.336 e. The number of carbonyl (C=O) groups excluding carboxylic acids is 1. The number of carbonyl (C=O) groups is 1. The Bertz CT molecular complexity index is 619. The third-order valence-corrected chi connectivity index (χ3v) is 4.20. The van der Waals surface area contributed by atoms with Crippen molar-refractivity contribution in [2.75, 3.05) is 7.05 Å². The van der Waals surface area contributed by atoms with E-state index in [9.17, 15) is 4.79 Å². The van der Waals surface area contributed by atoms with Crippen LogP contribution in [-0.2, 0) is 19.5 Å². The summed E-state index contributed by atoms with van der Waals surface area (Å²) >= 11 is 3.49. The summed E-state index contributed by atoms with van der Waals surface area (Å²) < 4.78 is 2.83. The predicted octanol–water partition coefficient (Wildman–Crippen LogP) is 3.50. The van der Waals surface area contributed by atoms with Crippen LogP contribution < -0.4 is 0 Å². The Morgan fingerprint density at radius 2 is 1.95 bits per heavy atom. The van der Waals surface area contributed by atoms with Gasteiger partial charge in [-0.2, -0.15) is 5.10 Å². The van der Waals surface area contributed by atoms with Crippen molar-refractivity contribution in [3.63, 3.8) is 0 Å². The van der Waals surface area contributed by atoms with Crippen LogP contribution in [0.15, 0.2) is 34.9 Å². The molecule has 1 amide bonds. The Labute approximate surface area is 133 Å². The summed E-state index contributed by atoms with van der Waals surface area (Å²) in [5.41, 5.74) is 2.97. The van der Waals surface area contributed by atoms with Gasteiger partial charge in [0.05, 0.1) is 22.9 Å². The van der Waals surface area contributed by atoms with Crippen LogP contribution in [-0.4, -0.2) is 27.6 Å². The van der Waals surface area contributed by atoms with Crippen molar-refractivity contribution in [3.8, 4) is 0 Å². The average Bonchev–Trinajstić information content (AvgIpc) is 2.87. The van der Waals surface area contributed by atoms with Gasteiger partial charge in [-0.05, 0) is 47.0 Å². The van der Waals surface area contributed by atoms with E-state index < -0.39 is 0 Å². The van der Waals surface area contributed by atoms with Gasteiger partial charge in [0.25, 0.3) is 5.91 Å². The second kappa shape index (κ2) is 6.89. The molecule has 1 aromatic heterocycles. The van der Waals surface area contributed by atoms with Gasteiger partial charge >= 0.3 is 0 Å². The Balaban J connectivity index is 2.13. The highest BCUT2D eigenvalue weighted by Crippen LogP contribution is 2.18. The molecule has 0 spiro atoms. The molecule has 0 unspecified atom stereocenters. The molecule has 0 aliphatic rings. The fourth-order valence-electron chi connectivity index (χ4n) is 2.22. The van der Waals surface area contributed by atoms with Gasteiger partial charge < -0.3 is 4.90 Å². The van der Waals surface area contributed by atoms with Gasteiger partial charge in [0.15, 0.2) is 0 Å². The number of amides is 1. The van der Waals surface area contributed by atoms with Crippen LogP contribution in [0.25, 0.3) is 0 Å². The maximum Gasteiger partial charge on any atom is 0.253 e. The molecule has 1 heterocycles. The Kier molecular flexibility index (Phi) is 5.17. The number of halogens is 1. The van der Waals surface area contributed by atoms with Gasteiger partial charge in [-0.15, -0.1) is 0 Å². The predicted molar refractivity (Wildman–Crippen MR) is 87.2 cm³/mol. The second-order valence-corrected chi connectivity index (χ2v) is 5.82. The lowest BCUT2D eigenvalue weighted by atomic mass is 10.1. The molecule has 0 atom stereocenters. The molecule has 5 heteroatoms. The number of benzene rings is 1. The molecular formula is C16H20BrN3O. The molecule has 0 radical (unpaired) electrons. The van der Waals surface area contributed by atoms with Gasteiger partial charge in [-0.1, -0.05) is 19.1 Å². The van der Waals surface area contributed by atoms with E-state index in [-0.39, 0.29) is 5.91 Å². The van der Waals surface area contributed by atoms with Crippen LogP contribution in [0.4, 0.5) is 0 Å². The molecule has 21 heavy (non-hydrogen) atoms. The van der Waals surface area contributed by atoms with Crippen LogP contribution in [0, 0.1) is 0 Å². The smallest absolute Gasteiger partial charge is 0.253 e.